The van der Waals surface area contributed by atoms with Crippen LogP contribution in [0.1, 0.15) is 23.2 Å². The Labute approximate surface area is 167 Å². The van der Waals surface area contributed by atoms with E-state index in [-0.39, 0.29) is 16.4 Å². The Morgan fingerprint density at radius 2 is 1.81 bits per heavy atom. The third-order valence-corrected chi connectivity index (χ3v) is 6.87. The van der Waals surface area contributed by atoms with Crippen molar-refractivity contribution in [3.63, 3.8) is 0 Å². The van der Waals surface area contributed by atoms with Gasteiger partial charge in [-0.2, -0.15) is 4.31 Å². The lowest BCUT2D eigenvalue weighted by molar-refractivity contribution is 0.0946. The molecule has 0 saturated carbocycles. The summed E-state index contributed by atoms with van der Waals surface area (Å²) in [7, 11) is -3.56. The van der Waals surface area contributed by atoms with Gasteiger partial charge in [0.25, 0.3) is 5.91 Å². The summed E-state index contributed by atoms with van der Waals surface area (Å²) in [6, 6.07) is 13.9. The number of rotatable bonds is 7. The minimum Gasteiger partial charge on any atom is -0.492 e. The maximum atomic E-state index is 12.7. The predicted octanol–water partition coefficient (Wildman–Crippen LogP) is 3.04. The summed E-state index contributed by atoms with van der Waals surface area (Å²) in [5.41, 5.74) is 0.287. The molecule has 1 N–H and O–H groups in total. The highest BCUT2D eigenvalue weighted by molar-refractivity contribution is 9.10. The SMILES string of the molecule is O=C(NCCOc1ccccc1)c1cc(S(=O)(=O)N2CCCC2)ccc1Br. The molecule has 2 aromatic carbocycles. The standard InChI is InChI=1S/C19H21BrN2O4S/c20-18-9-8-16(27(24,25)22-11-4-5-12-22)14-17(18)19(23)21-10-13-26-15-6-2-1-3-7-15/h1-3,6-9,14H,4-5,10-13H2,(H,21,23). The number of halogens is 1. The molecule has 1 amide bonds. The molecule has 0 radical (unpaired) electrons. The van der Waals surface area contributed by atoms with Crippen molar-refractivity contribution in [3.8, 4) is 5.75 Å². The molecule has 0 unspecified atom stereocenters. The van der Waals surface area contributed by atoms with Crippen LogP contribution in [0, 0.1) is 0 Å². The molecule has 1 fully saturated rings. The molecule has 0 atom stereocenters. The van der Waals surface area contributed by atoms with Gasteiger partial charge < -0.3 is 10.1 Å². The molecule has 0 aromatic heterocycles. The van der Waals surface area contributed by atoms with Crippen molar-refractivity contribution in [2.45, 2.75) is 17.7 Å². The van der Waals surface area contributed by atoms with Gasteiger partial charge in [-0.25, -0.2) is 8.42 Å². The fourth-order valence-electron chi connectivity index (χ4n) is 2.86. The van der Waals surface area contributed by atoms with Crippen molar-refractivity contribution in [3.05, 3.63) is 58.6 Å². The van der Waals surface area contributed by atoms with Crippen LogP contribution in [-0.2, 0) is 10.0 Å². The quantitative estimate of drug-likeness (QED) is 0.654. The van der Waals surface area contributed by atoms with E-state index < -0.39 is 10.0 Å². The smallest absolute Gasteiger partial charge is 0.252 e. The summed E-state index contributed by atoms with van der Waals surface area (Å²) in [5, 5.41) is 2.76. The first-order valence-corrected chi connectivity index (χ1v) is 11.0. The largest absolute Gasteiger partial charge is 0.492 e. The number of sulfonamides is 1. The topological polar surface area (TPSA) is 75.7 Å². The summed E-state index contributed by atoms with van der Waals surface area (Å²) >= 11 is 3.33. The molecule has 8 heteroatoms. The number of nitrogens with zero attached hydrogens (tertiary/aromatic N) is 1. The van der Waals surface area contributed by atoms with Gasteiger partial charge in [0, 0.05) is 17.6 Å². The fourth-order valence-corrected chi connectivity index (χ4v) is 4.83. The molecule has 3 rings (SSSR count). The lowest BCUT2D eigenvalue weighted by Crippen LogP contribution is -2.30. The lowest BCUT2D eigenvalue weighted by Gasteiger charge is -2.16. The Morgan fingerprint density at radius 3 is 2.52 bits per heavy atom. The molecule has 144 valence electrons. The fraction of sp³-hybridized carbons (Fsp3) is 0.316. The van der Waals surface area contributed by atoms with Crippen LogP contribution in [0.4, 0.5) is 0 Å². The van der Waals surface area contributed by atoms with E-state index in [2.05, 4.69) is 21.2 Å². The van der Waals surface area contributed by atoms with Crippen LogP contribution in [0.15, 0.2) is 57.9 Å². The third-order valence-electron chi connectivity index (χ3n) is 4.28. The zero-order chi connectivity index (χ0) is 19.3. The molecule has 6 nitrogen and oxygen atoms in total. The van der Waals surface area contributed by atoms with Crippen LogP contribution in [0.25, 0.3) is 0 Å². The maximum Gasteiger partial charge on any atom is 0.252 e. The second-order valence-electron chi connectivity index (χ2n) is 6.17. The molecule has 0 spiro atoms. The van der Waals surface area contributed by atoms with Crippen molar-refractivity contribution in [1.82, 2.24) is 9.62 Å². The van der Waals surface area contributed by atoms with Gasteiger partial charge >= 0.3 is 0 Å². The monoisotopic (exact) mass is 452 g/mol. The third kappa shape index (κ3) is 4.88. The number of carbonyl (C=O) groups excluding carboxylic acids is 1. The number of nitrogens with one attached hydrogen (secondary N) is 1. The van der Waals surface area contributed by atoms with Crippen LogP contribution >= 0.6 is 15.9 Å². The van der Waals surface area contributed by atoms with Gasteiger partial charge in [0.1, 0.15) is 12.4 Å². The second kappa shape index (κ2) is 8.86. The van der Waals surface area contributed by atoms with E-state index in [4.69, 9.17) is 4.74 Å². The van der Waals surface area contributed by atoms with Crippen LogP contribution < -0.4 is 10.1 Å². The van der Waals surface area contributed by atoms with Gasteiger partial charge in [-0.05, 0) is 59.1 Å². The summed E-state index contributed by atoms with van der Waals surface area (Å²) in [4.78, 5) is 12.6. The average molecular weight is 453 g/mol. The molecule has 2 aromatic rings. The number of ether oxygens (including phenoxy) is 1. The lowest BCUT2D eigenvalue weighted by atomic mass is 10.2. The van der Waals surface area contributed by atoms with E-state index in [1.807, 2.05) is 30.3 Å². The van der Waals surface area contributed by atoms with Gasteiger partial charge in [-0.1, -0.05) is 18.2 Å². The molecule has 1 heterocycles. The molecule has 0 aliphatic carbocycles. The summed E-state index contributed by atoms with van der Waals surface area (Å²) in [5.74, 6) is 0.378. The Balaban J connectivity index is 1.64. The van der Waals surface area contributed by atoms with Gasteiger partial charge in [0.05, 0.1) is 17.0 Å². The van der Waals surface area contributed by atoms with Gasteiger partial charge in [-0.15, -0.1) is 0 Å². The number of hydrogen-bond donors (Lipinski definition) is 1. The van der Waals surface area contributed by atoms with E-state index >= 15 is 0 Å². The molecule has 1 saturated heterocycles. The Hall–Kier alpha value is -1.90. The first kappa shape index (κ1) is 19.9. The molecule has 27 heavy (non-hydrogen) atoms. The summed E-state index contributed by atoms with van der Waals surface area (Å²) < 4.78 is 32.9. The van der Waals surface area contributed by atoms with Crippen LogP contribution in [-0.4, -0.2) is 44.9 Å². The molecule has 1 aliphatic heterocycles. The molecule has 1 aliphatic rings. The zero-order valence-corrected chi connectivity index (χ0v) is 17.1. The highest BCUT2D eigenvalue weighted by atomic mass is 79.9. The van der Waals surface area contributed by atoms with Crippen molar-refractivity contribution >= 4 is 31.9 Å². The number of hydrogen-bond acceptors (Lipinski definition) is 4. The summed E-state index contributed by atoms with van der Waals surface area (Å²) in [6.45, 7) is 1.68. The number of amides is 1. The molecular weight excluding hydrogens is 432 g/mol. The van der Waals surface area contributed by atoms with Gasteiger partial charge in [0.15, 0.2) is 0 Å². The maximum absolute atomic E-state index is 12.7. The van der Waals surface area contributed by atoms with Crippen LogP contribution in [0.2, 0.25) is 0 Å². The van der Waals surface area contributed by atoms with Crippen molar-refractivity contribution in [1.29, 1.82) is 0 Å². The first-order valence-electron chi connectivity index (χ1n) is 8.74. The first-order chi connectivity index (χ1) is 13.0. The van der Waals surface area contributed by atoms with E-state index in [0.717, 1.165) is 18.6 Å². The van der Waals surface area contributed by atoms with E-state index in [1.54, 1.807) is 6.07 Å². The minimum atomic E-state index is -3.56. The van der Waals surface area contributed by atoms with E-state index in [0.29, 0.717) is 30.7 Å². The normalized spacial score (nSPS) is 14.9. The number of benzene rings is 2. The van der Waals surface area contributed by atoms with Gasteiger partial charge in [0.2, 0.25) is 10.0 Å². The minimum absolute atomic E-state index is 0.137. The van der Waals surface area contributed by atoms with Gasteiger partial charge in [-0.3, -0.25) is 4.79 Å². The van der Waals surface area contributed by atoms with E-state index in [9.17, 15) is 13.2 Å². The Kier molecular flexibility index (Phi) is 6.51. The Bertz CT molecular complexity index is 897. The highest BCUT2D eigenvalue weighted by Crippen LogP contribution is 2.25. The molecular formula is C19H21BrN2O4S. The van der Waals surface area contributed by atoms with Crippen LogP contribution in [0.5, 0.6) is 5.75 Å². The highest BCUT2D eigenvalue weighted by Gasteiger charge is 2.28. The number of carbonyl (C=O) groups is 1. The predicted molar refractivity (Wildman–Crippen MR) is 106 cm³/mol. The average Bonchev–Trinajstić information content (AvgIpc) is 3.22. The Morgan fingerprint density at radius 1 is 1.11 bits per heavy atom. The van der Waals surface area contributed by atoms with Crippen LogP contribution in [0.3, 0.4) is 0 Å². The second-order valence-corrected chi connectivity index (χ2v) is 8.96. The number of para-hydroxylation sites is 1. The van der Waals surface area contributed by atoms with Crippen molar-refractivity contribution in [2.24, 2.45) is 0 Å². The summed E-state index contributed by atoms with van der Waals surface area (Å²) in [6.07, 6.45) is 1.73. The van der Waals surface area contributed by atoms with Crippen molar-refractivity contribution in [2.75, 3.05) is 26.2 Å². The zero-order valence-electron chi connectivity index (χ0n) is 14.7. The molecule has 0 bridgehead atoms. The van der Waals surface area contributed by atoms with E-state index in [1.165, 1.54) is 16.4 Å². The van der Waals surface area contributed by atoms with Crippen molar-refractivity contribution < 1.29 is 17.9 Å².